The van der Waals surface area contributed by atoms with Gasteiger partial charge in [-0.3, -0.25) is 0 Å². The molecule has 0 rings (SSSR count). The lowest BCUT2D eigenvalue weighted by Gasteiger charge is -2.17. The van der Waals surface area contributed by atoms with Crippen LogP contribution in [-0.4, -0.2) is 58.6 Å². The fourth-order valence-electron chi connectivity index (χ4n) is 0.954. The van der Waals surface area contributed by atoms with Gasteiger partial charge in [0.1, 0.15) is 0 Å². The van der Waals surface area contributed by atoms with Gasteiger partial charge in [0.15, 0.2) is 0 Å². The predicted octanol–water partition coefficient (Wildman–Crippen LogP) is -0.484. The van der Waals surface area contributed by atoms with Crippen molar-refractivity contribution >= 4 is 0 Å². The highest BCUT2D eigenvalue weighted by molar-refractivity contribution is 4.67. The van der Waals surface area contributed by atoms with Crippen molar-refractivity contribution in [1.29, 1.82) is 0 Å². The van der Waals surface area contributed by atoms with E-state index in [4.69, 9.17) is 20.4 Å². The van der Waals surface area contributed by atoms with E-state index in [9.17, 15) is 0 Å². The van der Waals surface area contributed by atoms with Crippen molar-refractivity contribution in [2.45, 2.75) is 38.9 Å². The first kappa shape index (κ1) is 17.2. The topological polar surface area (TPSA) is 90.2 Å². The number of hydrogen-bond acceptors (Lipinski definition) is 5. The van der Waals surface area contributed by atoms with E-state index in [1.165, 1.54) is 0 Å². The monoisotopic (exact) mass is 224 g/mol. The molecule has 5 nitrogen and oxygen atoms in total. The lowest BCUT2D eigenvalue weighted by molar-refractivity contribution is 0.0249. The molecule has 0 saturated heterocycles. The Balaban J connectivity index is 0. The molecule has 0 aromatic rings. The van der Waals surface area contributed by atoms with Crippen molar-refractivity contribution in [3.05, 3.63) is 0 Å². The summed E-state index contributed by atoms with van der Waals surface area (Å²) >= 11 is 0. The molecular weight excluding hydrogens is 200 g/mol. The molecule has 0 amide bonds. The van der Waals surface area contributed by atoms with E-state index in [1.54, 1.807) is 20.8 Å². The Morgan fingerprint density at radius 2 is 1.53 bits per heavy atom. The Bertz CT molecular complexity index is 115. The minimum Gasteiger partial charge on any atom is -0.394 e. The summed E-state index contributed by atoms with van der Waals surface area (Å²) in [6.07, 6.45) is 0.0301. The van der Waals surface area contributed by atoms with Crippen LogP contribution in [0, 0.1) is 0 Å². The van der Waals surface area contributed by atoms with Gasteiger partial charge in [-0.15, -0.1) is 0 Å². The van der Waals surface area contributed by atoms with Crippen LogP contribution in [0.4, 0.5) is 0 Å². The first-order valence-electron chi connectivity index (χ1n) is 5.03. The van der Waals surface area contributed by atoms with Crippen molar-refractivity contribution in [3.8, 4) is 0 Å². The van der Waals surface area contributed by atoms with E-state index in [0.717, 1.165) is 0 Å². The van der Waals surface area contributed by atoms with Crippen molar-refractivity contribution in [3.63, 3.8) is 0 Å². The summed E-state index contributed by atoms with van der Waals surface area (Å²) in [4.78, 5) is 0. The summed E-state index contributed by atoms with van der Waals surface area (Å²) in [6.45, 7) is 5.72. The van der Waals surface area contributed by atoms with Crippen LogP contribution in [0.25, 0.3) is 0 Å². The minimum atomic E-state index is -0.728. The van der Waals surface area contributed by atoms with Crippen LogP contribution in [0.1, 0.15) is 27.2 Å². The predicted molar refractivity (Wildman–Crippen MR) is 57.6 cm³/mol. The molecule has 94 valence electrons. The third kappa shape index (κ3) is 24.8. The molecular formula is C10H24O5. The van der Waals surface area contributed by atoms with Crippen LogP contribution in [0.5, 0.6) is 0 Å². The Kier molecular flexibility index (Phi) is 11.8. The summed E-state index contributed by atoms with van der Waals surface area (Å²) < 4.78 is 4.63. The van der Waals surface area contributed by atoms with Gasteiger partial charge in [0.2, 0.25) is 0 Å². The molecule has 1 atom stereocenters. The second kappa shape index (κ2) is 10.3. The summed E-state index contributed by atoms with van der Waals surface area (Å²) in [6, 6.07) is 0. The minimum absolute atomic E-state index is 0.0278. The molecule has 0 aromatic heterocycles. The fourth-order valence-corrected chi connectivity index (χ4v) is 0.954. The number of hydrogen-bond donors (Lipinski definition) is 4. The average Bonchev–Trinajstić information content (AvgIpc) is 2.01. The lowest BCUT2D eigenvalue weighted by atomic mass is 10.0. The molecule has 0 spiro atoms. The molecule has 15 heavy (non-hydrogen) atoms. The van der Waals surface area contributed by atoms with E-state index in [2.05, 4.69) is 4.74 Å². The van der Waals surface area contributed by atoms with E-state index in [1.807, 2.05) is 0 Å². The quantitative estimate of drug-likeness (QED) is 0.457. The second-order valence-corrected chi connectivity index (χ2v) is 3.93. The van der Waals surface area contributed by atoms with E-state index >= 15 is 0 Å². The van der Waals surface area contributed by atoms with Crippen LogP contribution in [-0.2, 0) is 4.74 Å². The van der Waals surface area contributed by atoms with Gasteiger partial charge in [-0.25, -0.2) is 0 Å². The van der Waals surface area contributed by atoms with Gasteiger partial charge in [-0.2, -0.15) is 0 Å². The molecule has 0 aliphatic heterocycles. The summed E-state index contributed by atoms with van der Waals surface area (Å²) in [5.41, 5.74) is -0.728. The van der Waals surface area contributed by atoms with E-state index < -0.39 is 11.7 Å². The third-order valence-electron chi connectivity index (χ3n) is 1.27. The van der Waals surface area contributed by atoms with Crippen LogP contribution in [0.2, 0.25) is 0 Å². The van der Waals surface area contributed by atoms with Gasteiger partial charge in [0, 0.05) is 6.42 Å². The van der Waals surface area contributed by atoms with Crippen LogP contribution in [0.15, 0.2) is 0 Å². The molecule has 0 heterocycles. The SMILES string of the molecule is CC(O)CC(C)(C)O.OCCOCCO. The van der Waals surface area contributed by atoms with Crippen LogP contribution < -0.4 is 0 Å². The summed E-state index contributed by atoms with van der Waals surface area (Å²) in [5.74, 6) is 0. The normalized spacial score (nSPS) is 13.0. The zero-order chi connectivity index (χ0) is 12.3. The van der Waals surface area contributed by atoms with Crippen molar-refractivity contribution in [2.75, 3.05) is 26.4 Å². The Morgan fingerprint density at radius 3 is 1.67 bits per heavy atom. The summed E-state index contributed by atoms with van der Waals surface area (Å²) in [7, 11) is 0. The average molecular weight is 224 g/mol. The molecule has 4 N–H and O–H groups in total. The molecule has 0 radical (unpaired) electrons. The molecule has 0 aromatic carbocycles. The molecule has 0 aliphatic rings. The van der Waals surface area contributed by atoms with Gasteiger partial charge in [-0.05, 0) is 20.8 Å². The van der Waals surface area contributed by atoms with Crippen molar-refractivity contribution in [2.24, 2.45) is 0 Å². The zero-order valence-corrected chi connectivity index (χ0v) is 9.81. The van der Waals surface area contributed by atoms with E-state index in [-0.39, 0.29) is 13.2 Å². The Morgan fingerprint density at radius 1 is 1.13 bits per heavy atom. The number of rotatable bonds is 6. The van der Waals surface area contributed by atoms with Gasteiger partial charge in [-0.1, -0.05) is 0 Å². The van der Waals surface area contributed by atoms with Gasteiger partial charge in [0.25, 0.3) is 0 Å². The molecule has 1 unspecified atom stereocenters. The maximum Gasteiger partial charge on any atom is 0.0698 e. The molecule has 5 heteroatoms. The van der Waals surface area contributed by atoms with E-state index in [0.29, 0.717) is 19.6 Å². The molecule has 0 fully saturated rings. The van der Waals surface area contributed by atoms with Crippen LogP contribution in [0.3, 0.4) is 0 Å². The first-order valence-corrected chi connectivity index (χ1v) is 5.03. The highest BCUT2D eigenvalue weighted by atomic mass is 16.5. The Labute approximate surface area is 91.3 Å². The van der Waals surface area contributed by atoms with Gasteiger partial charge in [0.05, 0.1) is 38.1 Å². The second-order valence-electron chi connectivity index (χ2n) is 3.93. The summed E-state index contributed by atoms with van der Waals surface area (Å²) in [5, 5.41) is 33.9. The highest BCUT2D eigenvalue weighted by Gasteiger charge is 2.14. The van der Waals surface area contributed by atoms with Crippen molar-refractivity contribution < 1.29 is 25.2 Å². The highest BCUT2D eigenvalue weighted by Crippen LogP contribution is 2.09. The van der Waals surface area contributed by atoms with Crippen molar-refractivity contribution in [1.82, 2.24) is 0 Å². The standard InChI is InChI=1S/C6H14O2.C4H10O3/c1-5(7)4-6(2,3)8;5-1-3-7-4-2-6/h5,7-8H,4H2,1-3H3;5-6H,1-4H2. The zero-order valence-electron chi connectivity index (χ0n) is 9.81. The first-order chi connectivity index (χ1) is 6.83. The maximum atomic E-state index is 9.03. The number of ether oxygens (including phenoxy) is 1. The van der Waals surface area contributed by atoms with Gasteiger partial charge < -0.3 is 25.2 Å². The van der Waals surface area contributed by atoms with Crippen LogP contribution >= 0.6 is 0 Å². The molecule has 0 aliphatic carbocycles. The smallest absolute Gasteiger partial charge is 0.0698 e. The largest absolute Gasteiger partial charge is 0.394 e. The Hall–Kier alpha value is -0.200. The van der Waals surface area contributed by atoms with Gasteiger partial charge >= 0.3 is 0 Å². The third-order valence-corrected chi connectivity index (χ3v) is 1.27. The maximum absolute atomic E-state index is 9.03. The number of aliphatic hydroxyl groups excluding tert-OH is 3. The number of aliphatic hydroxyl groups is 4. The lowest BCUT2D eigenvalue weighted by Crippen LogP contribution is -2.24. The molecule has 0 saturated carbocycles. The fraction of sp³-hybridized carbons (Fsp3) is 1.00. The molecule has 0 bridgehead atoms.